The van der Waals surface area contributed by atoms with Crippen LogP contribution < -0.4 is 4.90 Å². The van der Waals surface area contributed by atoms with Gasteiger partial charge in [-0.15, -0.1) is 0 Å². The van der Waals surface area contributed by atoms with Crippen LogP contribution in [-0.2, 0) is 4.74 Å². The summed E-state index contributed by atoms with van der Waals surface area (Å²) in [5.41, 5.74) is 2.20. The van der Waals surface area contributed by atoms with Gasteiger partial charge in [-0.05, 0) is 26.5 Å². The van der Waals surface area contributed by atoms with Gasteiger partial charge in [0.1, 0.15) is 0 Å². The van der Waals surface area contributed by atoms with Gasteiger partial charge in [0, 0.05) is 31.5 Å². The van der Waals surface area contributed by atoms with Crippen molar-refractivity contribution in [2.24, 2.45) is 0 Å². The minimum Gasteiger partial charge on any atom is -0.373 e. The van der Waals surface area contributed by atoms with E-state index in [0.717, 1.165) is 43.4 Å². The molecule has 0 unspecified atom stereocenters. The van der Waals surface area contributed by atoms with Gasteiger partial charge in [-0.2, -0.15) is 0 Å². The van der Waals surface area contributed by atoms with Crippen LogP contribution in [0.25, 0.3) is 0 Å². The van der Waals surface area contributed by atoms with Gasteiger partial charge >= 0.3 is 0 Å². The first-order valence-electron chi connectivity index (χ1n) is 6.52. The third-order valence-corrected chi connectivity index (χ3v) is 4.07. The highest BCUT2D eigenvalue weighted by atomic mass is 16.5. The van der Waals surface area contributed by atoms with Crippen molar-refractivity contribution >= 4 is 5.95 Å². The maximum absolute atomic E-state index is 5.84. The summed E-state index contributed by atoms with van der Waals surface area (Å²) in [6.07, 6.45) is 2.21. The Morgan fingerprint density at radius 3 is 2.89 bits per heavy atom. The van der Waals surface area contributed by atoms with Gasteiger partial charge < -0.3 is 9.64 Å². The van der Waals surface area contributed by atoms with Crippen molar-refractivity contribution < 1.29 is 4.74 Å². The summed E-state index contributed by atoms with van der Waals surface area (Å²) >= 11 is 0. The zero-order chi connectivity index (χ0) is 12.7. The number of morpholine rings is 1. The van der Waals surface area contributed by atoms with Gasteiger partial charge in [-0.25, -0.2) is 9.97 Å². The molecule has 2 aliphatic rings. The van der Waals surface area contributed by atoms with Crippen molar-refractivity contribution in [3.05, 3.63) is 17.5 Å². The summed E-state index contributed by atoms with van der Waals surface area (Å²) in [6.45, 7) is 7.79. The van der Waals surface area contributed by atoms with Gasteiger partial charge in [0.15, 0.2) is 0 Å². The summed E-state index contributed by atoms with van der Waals surface area (Å²) in [6, 6.07) is 0.476. The molecule has 0 radical (unpaired) electrons. The Balaban J connectivity index is 1.80. The molecule has 5 nitrogen and oxygen atoms in total. The average Bonchev–Trinajstić information content (AvgIpc) is 2.78. The van der Waals surface area contributed by atoms with Crippen LogP contribution in [-0.4, -0.2) is 60.3 Å². The predicted molar refractivity (Wildman–Crippen MR) is 69.9 cm³/mol. The maximum atomic E-state index is 5.84. The van der Waals surface area contributed by atoms with Crippen molar-refractivity contribution in [2.75, 3.05) is 38.2 Å². The molecule has 0 bridgehead atoms. The maximum Gasteiger partial charge on any atom is 0.225 e. The average molecular weight is 248 g/mol. The summed E-state index contributed by atoms with van der Waals surface area (Å²) < 4.78 is 5.84. The Morgan fingerprint density at radius 2 is 2.17 bits per heavy atom. The van der Waals surface area contributed by atoms with E-state index in [-0.39, 0.29) is 0 Å². The van der Waals surface area contributed by atoms with Crippen molar-refractivity contribution in [1.29, 1.82) is 0 Å². The zero-order valence-corrected chi connectivity index (χ0v) is 11.3. The van der Waals surface area contributed by atoms with Crippen LogP contribution in [0.2, 0.25) is 0 Å². The molecule has 0 spiro atoms. The summed E-state index contributed by atoms with van der Waals surface area (Å²) in [5.74, 6) is 0.838. The highest BCUT2D eigenvalue weighted by molar-refractivity contribution is 5.35. The lowest BCUT2D eigenvalue weighted by atomic mass is 10.1. The zero-order valence-electron chi connectivity index (χ0n) is 11.3. The number of aromatic nitrogens is 2. The van der Waals surface area contributed by atoms with Crippen molar-refractivity contribution in [1.82, 2.24) is 14.9 Å². The van der Waals surface area contributed by atoms with Gasteiger partial charge in [0.25, 0.3) is 0 Å². The highest BCUT2D eigenvalue weighted by Crippen LogP contribution is 2.24. The van der Waals surface area contributed by atoms with Crippen LogP contribution in [0.1, 0.15) is 11.3 Å². The van der Waals surface area contributed by atoms with Gasteiger partial charge in [-0.3, -0.25) is 4.90 Å². The quantitative estimate of drug-likeness (QED) is 0.728. The molecule has 98 valence electrons. The molecule has 1 aromatic heterocycles. The molecular formula is C13H20N4O. The second-order valence-electron chi connectivity index (χ2n) is 5.30. The van der Waals surface area contributed by atoms with Crippen LogP contribution in [0.5, 0.6) is 0 Å². The lowest BCUT2D eigenvalue weighted by molar-refractivity contribution is -0.0362. The topological polar surface area (TPSA) is 41.5 Å². The second-order valence-corrected chi connectivity index (χ2v) is 5.30. The van der Waals surface area contributed by atoms with Gasteiger partial charge in [-0.1, -0.05) is 0 Å². The molecular weight excluding hydrogens is 228 g/mol. The number of hydrogen-bond acceptors (Lipinski definition) is 5. The number of hydrogen-bond donors (Lipinski definition) is 0. The Morgan fingerprint density at radius 1 is 1.33 bits per heavy atom. The third-order valence-electron chi connectivity index (χ3n) is 4.07. The van der Waals surface area contributed by atoms with E-state index in [4.69, 9.17) is 4.74 Å². The molecule has 2 atom stereocenters. The Labute approximate surface area is 108 Å². The van der Waals surface area contributed by atoms with Crippen molar-refractivity contribution in [3.8, 4) is 0 Å². The fourth-order valence-corrected chi connectivity index (χ4v) is 2.69. The molecule has 3 heterocycles. The normalized spacial score (nSPS) is 28.5. The van der Waals surface area contributed by atoms with Crippen molar-refractivity contribution in [3.63, 3.8) is 0 Å². The first kappa shape index (κ1) is 11.9. The molecule has 0 aromatic carbocycles. The second kappa shape index (κ2) is 4.48. The third kappa shape index (κ3) is 1.97. The van der Waals surface area contributed by atoms with E-state index in [0.29, 0.717) is 12.1 Å². The minimum atomic E-state index is 0.300. The number of aryl methyl sites for hydroxylation is 2. The Bertz CT molecular complexity index is 451. The number of fused-ring (bicyclic) bond motifs is 1. The molecule has 2 aliphatic heterocycles. The standard InChI is InChI=1S/C13H20N4O/c1-9-6-14-13(15-10(9)2)17-7-11-12(8-17)18-5-4-16(11)3/h6,11-12H,4-5,7-8H2,1-3H3/t11-,12+/m0/s1. The molecule has 18 heavy (non-hydrogen) atoms. The monoisotopic (exact) mass is 248 g/mol. The first-order valence-corrected chi connectivity index (χ1v) is 6.52. The number of rotatable bonds is 1. The van der Waals surface area contributed by atoms with Crippen LogP contribution in [0.3, 0.4) is 0 Å². The van der Waals surface area contributed by atoms with Crippen molar-refractivity contribution in [2.45, 2.75) is 26.0 Å². The van der Waals surface area contributed by atoms with Crippen LogP contribution in [0.4, 0.5) is 5.95 Å². The first-order chi connectivity index (χ1) is 8.65. The van der Waals surface area contributed by atoms with E-state index in [1.165, 1.54) is 0 Å². The van der Waals surface area contributed by atoms with Crippen LogP contribution in [0, 0.1) is 13.8 Å². The SMILES string of the molecule is Cc1cnc(N2C[C@H]3OCCN(C)[C@H]3C2)nc1C. The fraction of sp³-hybridized carbons (Fsp3) is 0.692. The van der Waals surface area contributed by atoms with E-state index in [1.807, 2.05) is 20.0 Å². The Hall–Kier alpha value is -1.20. The van der Waals surface area contributed by atoms with E-state index < -0.39 is 0 Å². The number of anilines is 1. The molecule has 1 aromatic rings. The van der Waals surface area contributed by atoms with E-state index in [9.17, 15) is 0 Å². The van der Waals surface area contributed by atoms with E-state index in [2.05, 4.69) is 26.8 Å². The number of likely N-dealkylation sites (N-methyl/N-ethyl adjacent to an activating group) is 1. The van der Waals surface area contributed by atoms with E-state index >= 15 is 0 Å². The fourth-order valence-electron chi connectivity index (χ4n) is 2.69. The molecule has 0 amide bonds. The largest absolute Gasteiger partial charge is 0.373 e. The summed E-state index contributed by atoms with van der Waals surface area (Å²) in [4.78, 5) is 13.6. The predicted octanol–water partition coefficient (Wildman–Crippen LogP) is 0.613. The molecule has 5 heteroatoms. The molecule has 3 rings (SSSR count). The number of ether oxygens (including phenoxy) is 1. The molecule has 0 N–H and O–H groups in total. The van der Waals surface area contributed by atoms with Crippen LogP contribution >= 0.6 is 0 Å². The lowest BCUT2D eigenvalue weighted by Gasteiger charge is -2.33. The molecule has 0 saturated carbocycles. The Kier molecular flexibility index (Phi) is 2.95. The van der Waals surface area contributed by atoms with Crippen LogP contribution in [0.15, 0.2) is 6.20 Å². The summed E-state index contributed by atoms with van der Waals surface area (Å²) in [7, 11) is 2.17. The minimum absolute atomic E-state index is 0.300. The smallest absolute Gasteiger partial charge is 0.225 e. The lowest BCUT2D eigenvalue weighted by Crippen LogP contribution is -2.48. The molecule has 2 fully saturated rings. The van der Waals surface area contributed by atoms with E-state index in [1.54, 1.807) is 0 Å². The molecule has 0 aliphatic carbocycles. The van der Waals surface area contributed by atoms with Gasteiger partial charge in [0.05, 0.1) is 18.8 Å². The summed E-state index contributed by atoms with van der Waals surface area (Å²) in [5, 5.41) is 0. The molecule has 2 saturated heterocycles. The number of nitrogens with zero attached hydrogens (tertiary/aromatic N) is 4. The van der Waals surface area contributed by atoms with Gasteiger partial charge in [0.2, 0.25) is 5.95 Å². The highest BCUT2D eigenvalue weighted by Gasteiger charge is 2.39.